The van der Waals surface area contributed by atoms with Crippen molar-refractivity contribution in [2.45, 2.75) is 55.8 Å². The van der Waals surface area contributed by atoms with Crippen molar-refractivity contribution < 1.29 is 14.9 Å². The Kier molecular flexibility index (Phi) is 3.95. The van der Waals surface area contributed by atoms with Gasteiger partial charge in [-0.3, -0.25) is 0 Å². The maximum atomic E-state index is 11.1. The lowest BCUT2D eigenvalue weighted by Gasteiger charge is -2.54. The zero-order valence-electron chi connectivity index (χ0n) is 12.6. The molecule has 0 bridgehead atoms. The second kappa shape index (κ2) is 5.59. The van der Waals surface area contributed by atoms with Gasteiger partial charge in [-0.2, -0.15) is 0 Å². The Labute approximate surface area is 126 Å². The number of methoxy groups -OCH3 is 1. The van der Waals surface area contributed by atoms with E-state index < -0.39 is 11.2 Å². The monoisotopic (exact) mass is 291 g/mol. The van der Waals surface area contributed by atoms with Crippen molar-refractivity contribution in [3.05, 3.63) is 29.8 Å². The average molecular weight is 291 g/mol. The van der Waals surface area contributed by atoms with Crippen LogP contribution in [0.3, 0.4) is 0 Å². The first-order chi connectivity index (χ1) is 10.1. The Morgan fingerprint density at radius 2 is 1.86 bits per heavy atom. The van der Waals surface area contributed by atoms with Crippen LogP contribution in [0.15, 0.2) is 24.3 Å². The van der Waals surface area contributed by atoms with Crippen LogP contribution in [-0.4, -0.2) is 41.1 Å². The largest absolute Gasteiger partial charge is 0.497 e. The van der Waals surface area contributed by atoms with Gasteiger partial charge in [0.25, 0.3) is 0 Å². The molecule has 4 nitrogen and oxygen atoms in total. The number of rotatable bonds is 3. The summed E-state index contributed by atoms with van der Waals surface area (Å²) < 4.78 is 5.18. The lowest BCUT2D eigenvalue weighted by Crippen LogP contribution is -2.71. The van der Waals surface area contributed by atoms with Gasteiger partial charge in [0, 0.05) is 6.04 Å². The molecule has 3 N–H and O–H groups in total. The summed E-state index contributed by atoms with van der Waals surface area (Å²) in [6.45, 7) is 0.764. The Balaban J connectivity index is 1.79. The molecule has 1 aliphatic heterocycles. The number of nitrogens with one attached hydrogen (secondary N) is 1. The molecule has 1 saturated heterocycles. The van der Waals surface area contributed by atoms with Crippen molar-refractivity contribution in [3.8, 4) is 5.75 Å². The first kappa shape index (κ1) is 14.8. The third-order valence-electron chi connectivity index (χ3n) is 5.31. The molecule has 3 rings (SSSR count). The van der Waals surface area contributed by atoms with E-state index in [4.69, 9.17) is 4.74 Å². The molecule has 0 radical (unpaired) electrons. The van der Waals surface area contributed by atoms with E-state index in [1.807, 2.05) is 24.3 Å². The van der Waals surface area contributed by atoms with Crippen molar-refractivity contribution in [1.82, 2.24) is 5.32 Å². The van der Waals surface area contributed by atoms with Crippen LogP contribution in [0.2, 0.25) is 0 Å². The highest BCUT2D eigenvalue weighted by molar-refractivity contribution is 5.28. The molecule has 1 aromatic rings. The molecule has 1 heterocycles. The zero-order valence-corrected chi connectivity index (χ0v) is 12.6. The molecule has 1 aromatic carbocycles. The van der Waals surface area contributed by atoms with Crippen LogP contribution in [-0.2, 0) is 6.42 Å². The summed E-state index contributed by atoms with van der Waals surface area (Å²) in [6.07, 6.45) is 4.75. The fraction of sp³-hybridized carbons (Fsp3) is 0.647. The number of hydrogen-bond donors (Lipinski definition) is 3. The minimum atomic E-state index is -1.01. The summed E-state index contributed by atoms with van der Waals surface area (Å²) >= 11 is 0. The van der Waals surface area contributed by atoms with Crippen LogP contribution >= 0.6 is 0 Å². The van der Waals surface area contributed by atoms with Gasteiger partial charge in [-0.1, -0.05) is 25.0 Å². The van der Waals surface area contributed by atoms with Crippen molar-refractivity contribution in [1.29, 1.82) is 0 Å². The van der Waals surface area contributed by atoms with Gasteiger partial charge in [0.1, 0.15) is 11.4 Å². The number of hydrogen-bond acceptors (Lipinski definition) is 4. The number of aliphatic hydroxyl groups is 2. The lowest BCUT2D eigenvalue weighted by atomic mass is 9.63. The van der Waals surface area contributed by atoms with Crippen LogP contribution < -0.4 is 10.1 Å². The molecule has 0 spiro atoms. The van der Waals surface area contributed by atoms with Crippen LogP contribution in [0.4, 0.5) is 0 Å². The first-order valence-electron chi connectivity index (χ1n) is 7.88. The molecular formula is C17H25NO3. The fourth-order valence-electron chi connectivity index (χ4n) is 3.96. The minimum Gasteiger partial charge on any atom is -0.497 e. The molecule has 0 aromatic heterocycles. The average Bonchev–Trinajstić information content (AvgIpc) is 2.49. The molecule has 0 amide bonds. The molecule has 3 atom stereocenters. The van der Waals surface area contributed by atoms with E-state index in [1.165, 1.54) is 0 Å². The van der Waals surface area contributed by atoms with Crippen molar-refractivity contribution in [3.63, 3.8) is 0 Å². The smallest absolute Gasteiger partial charge is 0.118 e. The van der Waals surface area contributed by atoms with E-state index in [1.54, 1.807) is 7.11 Å². The summed E-state index contributed by atoms with van der Waals surface area (Å²) in [5, 5.41) is 25.4. The number of ether oxygens (including phenoxy) is 1. The Bertz CT molecular complexity index is 485. The SMILES string of the molecule is COc1ccc(C[C@H]2NCC[C@]3(O)CCCC[C@@]23O)cc1. The van der Waals surface area contributed by atoms with Crippen molar-refractivity contribution in [2.24, 2.45) is 0 Å². The molecule has 0 unspecified atom stereocenters. The van der Waals surface area contributed by atoms with Gasteiger partial charge < -0.3 is 20.3 Å². The Hall–Kier alpha value is -1.10. The van der Waals surface area contributed by atoms with Crippen molar-refractivity contribution in [2.75, 3.05) is 13.7 Å². The van der Waals surface area contributed by atoms with Crippen molar-refractivity contribution >= 4 is 0 Å². The molecule has 21 heavy (non-hydrogen) atoms. The molecule has 1 saturated carbocycles. The molecule has 2 aliphatic rings. The van der Waals surface area contributed by atoms with Gasteiger partial charge in [-0.15, -0.1) is 0 Å². The van der Waals surface area contributed by atoms with Crippen LogP contribution in [0.25, 0.3) is 0 Å². The summed E-state index contributed by atoms with van der Waals surface area (Å²) in [5.74, 6) is 0.836. The third-order valence-corrected chi connectivity index (χ3v) is 5.31. The molecule has 4 heteroatoms. The van der Waals surface area contributed by atoms with Gasteiger partial charge >= 0.3 is 0 Å². The normalized spacial score (nSPS) is 36.0. The highest BCUT2D eigenvalue weighted by atomic mass is 16.5. The molecule has 2 fully saturated rings. The van der Waals surface area contributed by atoms with E-state index in [0.717, 1.165) is 37.1 Å². The Morgan fingerprint density at radius 3 is 2.57 bits per heavy atom. The van der Waals surface area contributed by atoms with Crippen LogP contribution in [0.1, 0.15) is 37.7 Å². The van der Waals surface area contributed by atoms with E-state index in [9.17, 15) is 10.2 Å². The predicted octanol–water partition coefficient (Wildman–Crippen LogP) is 1.64. The summed E-state index contributed by atoms with van der Waals surface area (Å²) in [5.41, 5.74) is -0.784. The zero-order chi connectivity index (χ0) is 14.9. The van der Waals surface area contributed by atoms with E-state index in [-0.39, 0.29) is 6.04 Å². The molecule has 1 aliphatic carbocycles. The summed E-state index contributed by atoms with van der Waals surface area (Å²) in [4.78, 5) is 0. The van der Waals surface area contributed by atoms with E-state index in [2.05, 4.69) is 5.32 Å². The molecular weight excluding hydrogens is 266 g/mol. The second-order valence-corrected chi connectivity index (χ2v) is 6.47. The highest BCUT2D eigenvalue weighted by Crippen LogP contribution is 2.44. The summed E-state index contributed by atoms with van der Waals surface area (Å²) in [6, 6.07) is 7.84. The molecule has 116 valence electrons. The fourth-order valence-corrected chi connectivity index (χ4v) is 3.96. The number of benzene rings is 1. The van der Waals surface area contributed by atoms with Crippen LogP contribution in [0.5, 0.6) is 5.75 Å². The maximum absolute atomic E-state index is 11.1. The predicted molar refractivity (Wildman–Crippen MR) is 81.5 cm³/mol. The maximum Gasteiger partial charge on any atom is 0.118 e. The number of fused-ring (bicyclic) bond motifs is 1. The summed E-state index contributed by atoms with van der Waals surface area (Å²) in [7, 11) is 1.66. The van der Waals surface area contributed by atoms with E-state index >= 15 is 0 Å². The van der Waals surface area contributed by atoms with Gasteiger partial charge in [0.05, 0.1) is 12.7 Å². The van der Waals surface area contributed by atoms with E-state index in [0.29, 0.717) is 19.3 Å². The quantitative estimate of drug-likeness (QED) is 0.792. The van der Waals surface area contributed by atoms with Gasteiger partial charge in [-0.25, -0.2) is 0 Å². The standard InChI is InChI=1S/C17H25NO3/c1-21-14-6-4-13(5-7-14)12-15-17(20)9-3-2-8-16(17,19)10-11-18-15/h4-7,15,18-20H,2-3,8-12H2,1H3/t15-,16-,17-/m1/s1. The second-order valence-electron chi connectivity index (χ2n) is 6.47. The Morgan fingerprint density at radius 1 is 1.14 bits per heavy atom. The number of piperidine rings is 1. The highest BCUT2D eigenvalue weighted by Gasteiger charge is 2.56. The third kappa shape index (κ3) is 2.56. The van der Waals surface area contributed by atoms with Gasteiger partial charge in [0.2, 0.25) is 0 Å². The van der Waals surface area contributed by atoms with Gasteiger partial charge in [0.15, 0.2) is 0 Å². The topological polar surface area (TPSA) is 61.7 Å². The first-order valence-corrected chi connectivity index (χ1v) is 7.88. The lowest BCUT2D eigenvalue weighted by molar-refractivity contribution is -0.207. The van der Waals surface area contributed by atoms with Crippen LogP contribution in [0, 0.1) is 0 Å². The van der Waals surface area contributed by atoms with Gasteiger partial charge in [-0.05, 0) is 49.9 Å². The minimum absolute atomic E-state index is 0.0926.